The van der Waals surface area contributed by atoms with E-state index in [2.05, 4.69) is 15.9 Å². The normalized spacial score (nSPS) is 48.6. The van der Waals surface area contributed by atoms with E-state index in [1.54, 1.807) is 0 Å². The Morgan fingerprint density at radius 2 is 2.44 bits per heavy atom. The quantitative estimate of drug-likeness (QED) is 0.531. The van der Waals surface area contributed by atoms with Crippen molar-refractivity contribution in [2.45, 2.75) is 29.9 Å². The summed E-state index contributed by atoms with van der Waals surface area (Å²) >= 11 is 3.45. The summed E-state index contributed by atoms with van der Waals surface area (Å²) in [5.74, 6) is 0.288. The zero-order chi connectivity index (χ0) is 6.43. The zero-order valence-electron chi connectivity index (χ0n) is 4.84. The Morgan fingerprint density at radius 3 is 2.78 bits per heavy atom. The van der Waals surface area contributed by atoms with Crippen LogP contribution < -0.4 is 0 Å². The molecule has 50 valence electrons. The molecule has 2 fully saturated rings. The molecule has 3 heteroatoms. The minimum absolute atomic E-state index is 0.0700. The van der Waals surface area contributed by atoms with E-state index >= 15 is 0 Å². The van der Waals surface area contributed by atoms with Crippen molar-refractivity contribution in [2.75, 3.05) is 0 Å². The molecule has 2 saturated heterocycles. The second-order valence-electron chi connectivity index (χ2n) is 2.59. The molecule has 0 aromatic carbocycles. The topological polar surface area (TPSA) is 26.3 Å². The first-order valence-electron chi connectivity index (χ1n) is 3.09. The highest BCUT2D eigenvalue weighted by Gasteiger charge is 2.45. The fraction of sp³-hybridized carbons (Fsp3) is 0.833. The summed E-state index contributed by atoms with van der Waals surface area (Å²) in [6, 6.07) is 0. The summed E-state index contributed by atoms with van der Waals surface area (Å²) in [4.78, 5) is 11.3. The van der Waals surface area contributed by atoms with Crippen molar-refractivity contribution < 1.29 is 9.53 Å². The maximum absolute atomic E-state index is 10.8. The number of ether oxygens (including phenoxy) is 1. The van der Waals surface area contributed by atoms with Crippen LogP contribution in [0.25, 0.3) is 0 Å². The summed E-state index contributed by atoms with van der Waals surface area (Å²) in [7, 11) is 0. The molecule has 2 heterocycles. The third-order valence-corrected chi connectivity index (χ3v) is 2.91. The van der Waals surface area contributed by atoms with Crippen LogP contribution in [0.3, 0.4) is 0 Å². The molecule has 0 saturated carbocycles. The Hall–Kier alpha value is 0.110. The number of alkyl halides is 1. The average Bonchev–Trinajstić information content (AvgIpc) is 2.24. The van der Waals surface area contributed by atoms with E-state index in [1.807, 2.05) is 0 Å². The summed E-state index contributed by atoms with van der Waals surface area (Å²) in [6.07, 6.45) is 1.62. The number of fused-ring (bicyclic) bond motifs is 2. The highest BCUT2D eigenvalue weighted by molar-refractivity contribution is 9.09. The third kappa shape index (κ3) is 0.749. The van der Waals surface area contributed by atoms with Gasteiger partial charge in [0.2, 0.25) is 0 Å². The van der Waals surface area contributed by atoms with Crippen LogP contribution in [0, 0.1) is 0 Å². The van der Waals surface area contributed by atoms with Gasteiger partial charge in [-0.1, -0.05) is 15.9 Å². The Kier molecular flexibility index (Phi) is 1.17. The largest absolute Gasteiger partial charge is 0.366 e. The number of halogens is 1. The molecule has 2 nitrogen and oxygen atoms in total. The molecular weight excluding hydrogens is 184 g/mol. The predicted molar refractivity (Wildman–Crippen MR) is 35.6 cm³/mol. The lowest BCUT2D eigenvalue weighted by atomic mass is 10.00. The molecule has 2 rings (SSSR count). The van der Waals surface area contributed by atoms with Crippen molar-refractivity contribution in [3.05, 3.63) is 0 Å². The Morgan fingerprint density at radius 1 is 1.67 bits per heavy atom. The molecule has 0 aromatic heterocycles. The van der Waals surface area contributed by atoms with Gasteiger partial charge in [-0.05, 0) is 6.42 Å². The second kappa shape index (κ2) is 1.80. The molecule has 0 aromatic rings. The van der Waals surface area contributed by atoms with Crippen LogP contribution in [0.15, 0.2) is 0 Å². The van der Waals surface area contributed by atoms with Crippen LogP contribution in [-0.4, -0.2) is 22.8 Å². The standard InChI is InChI=1S/C6H7BrO2/c7-3-1-6-4(8)2-5(3)9-6/h3,5-6H,1-2H2. The fourth-order valence-corrected chi connectivity index (χ4v) is 2.07. The first-order chi connectivity index (χ1) is 4.27. The lowest BCUT2D eigenvalue weighted by Crippen LogP contribution is -2.22. The third-order valence-electron chi connectivity index (χ3n) is 1.94. The first kappa shape index (κ1) is 5.86. The minimum Gasteiger partial charge on any atom is -0.366 e. The van der Waals surface area contributed by atoms with Crippen LogP contribution in [0.1, 0.15) is 12.8 Å². The highest BCUT2D eigenvalue weighted by atomic mass is 79.9. The SMILES string of the molecule is O=C1CC2OC1CC2Br. The van der Waals surface area contributed by atoms with Gasteiger partial charge in [0.15, 0.2) is 5.78 Å². The van der Waals surface area contributed by atoms with Crippen molar-refractivity contribution in [2.24, 2.45) is 0 Å². The molecule has 2 aliphatic rings. The summed E-state index contributed by atoms with van der Waals surface area (Å²) < 4.78 is 5.30. The van der Waals surface area contributed by atoms with E-state index in [9.17, 15) is 4.79 Å². The summed E-state index contributed by atoms with van der Waals surface area (Å²) in [5.41, 5.74) is 0. The zero-order valence-corrected chi connectivity index (χ0v) is 6.43. The van der Waals surface area contributed by atoms with Gasteiger partial charge in [-0.15, -0.1) is 0 Å². The van der Waals surface area contributed by atoms with Crippen LogP contribution >= 0.6 is 15.9 Å². The number of ketones is 1. The van der Waals surface area contributed by atoms with Gasteiger partial charge in [0.05, 0.1) is 6.10 Å². The average molecular weight is 191 g/mol. The van der Waals surface area contributed by atoms with E-state index in [4.69, 9.17) is 4.74 Å². The van der Waals surface area contributed by atoms with Crippen molar-refractivity contribution in [3.8, 4) is 0 Å². The predicted octanol–water partition coefficient (Wildman–Crippen LogP) is 0.880. The molecule has 2 aliphatic heterocycles. The van der Waals surface area contributed by atoms with Crippen LogP contribution in [0.4, 0.5) is 0 Å². The molecule has 3 atom stereocenters. The number of hydrogen-bond acceptors (Lipinski definition) is 2. The molecule has 0 amide bonds. The van der Waals surface area contributed by atoms with Gasteiger partial charge in [-0.2, -0.15) is 0 Å². The maximum atomic E-state index is 10.8. The molecule has 0 N–H and O–H groups in total. The van der Waals surface area contributed by atoms with Crippen LogP contribution in [0.2, 0.25) is 0 Å². The smallest absolute Gasteiger partial charge is 0.164 e. The number of rotatable bonds is 0. The highest BCUT2D eigenvalue weighted by Crippen LogP contribution is 2.35. The minimum atomic E-state index is -0.0700. The maximum Gasteiger partial charge on any atom is 0.164 e. The Bertz CT molecular complexity index is 155. The van der Waals surface area contributed by atoms with E-state index in [-0.39, 0.29) is 18.0 Å². The van der Waals surface area contributed by atoms with Crippen LogP contribution in [0.5, 0.6) is 0 Å². The van der Waals surface area contributed by atoms with E-state index in [0.29, 0.717) is 11.2 Å². The summed E-state index contributed by atoms with van der Waals surface area (Å²) in [5, 5.41) is 0. The molecule has 9 heavy (non-hydrogen) atoms. The number of carbonyl (C=O) groups excluding carboxylic acids is 1. The van der Waals surface area contributed by atoms with Gasteiger partial charge in [0, 0.05) is 11.2 Å². The Balaban J connectivity index is 2.19. The molecule has 0 radical (unpaired) electrons. The van der Waals surface area contributed by atoms with E-state index in [1.165, 1.54) is 0 Å². The van der Waals surface area contributed by atoms with Crippen molar-refractivity contribution >= 4 is 21.7 Å². The van der Waals surface area contributed by atoms with E-state index < -0.39 is 0 Å². The van der Waals surface area contributed by atoms with Crippen LogP contribution in [-0.2, 0) is 9.53 Å². The number of Topliss-reactive ketones (excluding diaryl/α,β-unsaturated/α-hetero) is 1. The van der Waals surface area contributed by atoms with Gasteiger partial charge in [0.1, 0.15) is 6.10 Å². The van der Waals surface area contributed by atoms with Gasteiger partial charge >= 0.3 is 0 Å². The van der Waals surface area contributed by atoms with E-state index in [0.717, 1.165) is 6.42 Å². The lowest BCUT2D eigenvalue weighted by Gasteiger charge is -2.08. The molecule has 0 aliphatic carbocycles. The number of carbonyl (C=O) groups is 1. The molecular formula is C6H7BrO2. The molecule has 0 spiro atoms. The van der Waals surface area contributed by atoms with Gasteiger partial charge in [-0.3, -0.25) is 4.79 Å². The monoisotopic (exact) mass is 190 g/mol. The molecule has 3 unspecified atom stereocenters. The number of hydrogen-bond donors (Lipinski definition) is 0. The second-order valence-corrected chi connectivity index (χ2v) is 3.76. The molecule has 2 bridgehead atoms. The summed E-state index contributed by atoms with van der Waals surface area (Å²) in [6.45, 7) is 0. The Labute approximate surface area is 61.7 Å². The van der Waals surface area contributed by atoms with Crippen molar-refractivity contribution in [1.29, 1.82) is 0 Å². The fourth-order valence-electron chi connectivity index (χ4n) is 1.42. The van der Waals surface area contributed by atoms with Gasteiger partial charge < -0.3 is 4.74 Å². The lowest BCUT2D eigenvalue weighted by molar-refractivity contribution is -0.121. The van der Waals surface area contributed by atoms with Gasteiger partial charge in [0.25, 0.3) is 0 Å². The first-order valence-corrected chi connectivity index (χ1v) is 4.01. The van der Waals surface area contributed by atoms with Crippen molar-refractivity contribution in [3.63, 3.8) is 0 Å². The van der Waals surface area contributed by atoms with Crippen molar-refractivity contribution in [1.82, 2.24) is 0 Å². The van der Waals surface area contributed by atoms with Gasteiger partial charge in [-0.25, -0.2) is 0 Å².